The van der Waals surface area contributed by atoms with Gasteiger partial charge in [0.1, 0.15) is 0 Å². The van der Waals surface area contributed by atoms with Crippen molar-refractivity contribution in [3.63, 3.8) is 0 Å². The van der Waals surface area contributed by atoms with Crippen molar-refractivity contribution in [1.82, 2.24) is 9.03 Å². The highest BCUT2D eigenvalue weighted by molar-refractivity contribution is 7.87. The van der Waals surface area contributed by atoms with Gasteiger partial charge in [-0.25, -0.2) is 0 Å². The van der Waals surface area contributed by atoms with Gasteiger partial charge in [0.25, 0.3) is 10.2 Å². The number of aliphatic hydroxyl groups is 1. The van der Waals surface area contributed by atoms with Crippen LogP contribution in [0, 0.1) is 11.3 Å². The molecule has 0 bridgehead atoms. The van der Waals surface area contributed by atoms with E-state index in [1.807, 2.05) is 0 Å². The first-order chi connectivity index (χ1) is 9.62. The fourth-order valence-corrected chi connectivity index (χ4v) is 4.44. The average molecular weight is 318 g/mol. The van der Waals surface area contributed by atoms with E-state index in [0.717, 1.165) is 25.7 Å². The Morgan fingerprint density at radius 1 is 1.14 bits per heavy atom. The van der Waals surface area contributed by atoms with Crippen LogP contribution in [0.2, 0.25) is 0 Å². The second kappa shape index (κ2) is 6.14. The molecule has 0 spiro atoms. The highest BCUT2D eigenvalue weighted by Crippen LogP contribution is 2.39. The molecule has 1 heterocycles. The lowest BCUT2D eigenvalue weighted by atomic mass is 9.71. The summed E-state index contributed by atoms with van der Waals surface area (Å²) in [5, 5.41) is 10.6. The second-order valence-corrected chi connectivity index (χ2v) is 9.55. The molecule has 2 aliphatic rings. The van der Waals surface area contributed by atoms with Crippen LogP contribution in [-0.4, -0.2) is 43.1 Å². The number of nitrogens with zero attached hydrogens (tertiary/aromatic N) is 1. The second-order valence-electron chi connectivity index (χ2n) is 7.80. The number of hydrogen-bond donors (Lipinski definition) is 2. The maximum Gasteiger partial charge on any atom is 0.279 e. The zero-order valence-corrected chi connectivity index (χ0v) is 14.4. The van der Waals surface area contributed by atoms with Crippen molar-refractivity contribution in [1.29, 1.82) is 0 Å². The SMILES string of the molecule is CC1CCN(S(=O)(=O)NCC2(O)CCC(C)(C)CC2)CC1. The zero-order valence-electron chi connectivity index (χ0n) is 13.6. The molecule has 2 rings (SSSR count). The molecule has 2 N–H and O–H groups in total. The summed E-state index contributed by atoms with van der Waals surface area (Å²) in [6, 6.07) is 0. The van der Waals surface area contributed by atoms with Crippen LogP contribution in [0.5, 0.6) is 0 Å². The van der Waals surface area contributed by atoms with Gasteiger partial charge < -0.3 is 5.11 Å². The molecule has 1 saturated carbocycles. The molecule has 6 heteroatoms. The van der Waals surface area contributed by atoms with Gasteiger partial charge in [-0.2, -0.15) is 17.4 Å². The highest BCUT2D eigenvalue weighted by Gasteiger charge is 2.38. The molecule has 0 aromatic carbocycles. The van der Waals surface area contributed by atoms with E-state index in [1.165, 1.54) is 4.31 Å². The summed E-state index contributed by atoms with van der Waals surface area (Å²) in [6.07, 6.45) is 5.04. The van der Waals surface area contributed by atoms with E-state index in [0.29, 0.717) is 31.8 Å². The number of rotatable bonds is 4. The number of nitrogens with one attached hydrogen (secondary N) is 1. The molecule has 0 aromatic heterocycles. The fraction of sp³-hybridized carbons (Fsp3) is 1.00. The summed E-state index contributed by atoms with van der Waals surface area (Å²) in [5.74, 6) is 0.598. The molecule has 124 valence electrons. The molecule has 2 fully saturated rings. The van der Waals surface area contributed by atoms with Gasteiger partial charge in [0.2, 0.25) is 0 Å². The van der Waals surface area contributed by atoms with E-state index in [-0.39, 0.29) is 12.0 Å². The molecule has 5 nitrogen and oxygen atoms in total. The first-order valence-corrected chi connectivity index (χ1v) is 9.53. The topological polar surface area (TPSA) is 69.6 Å². The van der Waals surface area contributed by atoms with Crippen LogP contribution < -0.4 is 4.72 Å². The third-order valence-electron chi connectivity index (χ3n) is 5.20. The number of hydrogen-bond acceptors (Lipinski definition) is 3. The zero-order chi connectivity index (χ0) is 15.7. The van der Waals surface area contributed by atoms with Crippen molar-refractivity contribution >= 4 is 10.2 Å². The van der Waals surface area contributed by atoms with E-state index in [1.54, 1.807) is 0 Å². The Balaban J connectivity index is 1.87. The van der Waals surface area contributed by atoms with Crippen molar-refractivity contribution < 1.29 is 13.5 Å². The minimum Gasteiger partial charge on any atom is -0.389 e. The minimum atomic E-state index is -3.45. The Kier molecular flexibility index (Phi) is 5.03. The van der Waals surface area contributed by atoms with Crippen LogP contribution in [0.25, 0.3) is 0 Å². The molecule has 0 unspecified atom stereocenters. The van der Waals surface area contributed by atoms with Gasteiger partial charge >= 0.3 is 0 Å². The molecule has 1 aliphatic carbocycles. The summed E-state index contributed by atoms with van der Waals surface area (Å²) in [7, 11) is -3.45. The van der Waals surface area contributed by atoms with Gasteiger partial charge in [-0.05, 0) is 49.9 Å². The number of piperidine rings is 1. The standard InChI is InChI=1S/C15H30N2O3S/c1-13-4-10-17(11-5-13)21(19,20)16-12-15(18)8-6-14(2,3)7-9-15/h13,16,18H,4-12H2,1-3H3. The summed E-state index contributed by atoms with van der Waals surface area (Å²) < 4.78 is 28.8. The molecule has 1 saturated heterocycles. The molecule has 1 aliphatic heterocycles. The third kappa shape index (κ3) is 4.65. The van der Waals surface area contributed by atoms with Gasteiger partial charge in [0.05, 0.1) is 5.60 Å². The fourth-order valence-electron chi connectivity index (χ4n) is 3.11. The predicted molar refractivity (Wildman–Crippen MR) is 84.1 cm³/mol. The van der Waals surface area contributed by atoms with E-state index in [2.05, 4.69) is 25.5 Å². The van der Waals surface area contributed by atoms with E-state index in [9.17, 15) is 13.5 Å². The maximum atomic E-state index is 12.3. The van der Waals surface area contributed by atoms with Crippen molar-refractivity contribution in [3.8, 4) is 0 Å². The molecular weight excluding hydrogens is 288 g/mol. The molecule has 0 amide bonds. The predicted octanol–water partition coefficient (Wildman–Crippen LogP) is 1.88. The molecule has 21 heavy (non-hydrogen) atoms. The Labute approximate surface area is 129 Å². The van der Waals surface area contributed by atoms with Crippen LogP contribution in [-0.2, 0) is 10.2 Å². The van der Waals surface area contributed by atoms with Crippen molar-refractivity contribution in [2.45, 2.75) is 64.9 Å². The van der Waals surface area contributed by atoms with E-state index in [4.69, 9.17) is 0 Å². The Bertz CT molecular complexity index is 444. The van der Waals surface area contributed by atoms with Crippen molar-refractivity contribution in [3.05, 3.63) is 0 Å². The molecular formula is C15H30N2O3S. The van der Waals surface area contributed by atoms with Crippen LogP contribution in [0.1, 0.15) is 59.3 Å². The van der Waals surface area contributed by atoms with Gasteiger partial charge in [0.15, 0.2) is 0 Å². The minimum absolute atomic E-state index is 0.136. The molecule has 0 aromatic rings. The normalized spacial score (nSPS) is 27.6. The van der Waals surface area contributed by atoms with Crippen molar-refractivity contribution in [2.75, 3.05) is 19.6 Å². The van der Waals surface area contributed by atoms with Gasteiger partial charge in [0, 0.05) is 19.6 Å². The Morgan fingerprint density at radius 2 is 1.67 bits per heavy atom. The molecule has 0 radical (unpaired) electrons. The van der Waals surface area contributed by atoms with Gasteiger partial charge in [-0.3, -0.25) is 0 Å². The summed E-state index contributed by atoms with van der Waals surface area (Å²) in [5.41, 5.74) is -0.625. The van der Waals surface area contributed by atoms with Crippen LogP contribution in [0.4, 0.5) is 0 Å². The smallest absolute Gasteiger partial charge is 0.279 e. The lowest BCUT2D eigenvalue weighted by molar-refractivity contribution is -0.0208. The monoisotopic (exact) mass is 318 g/mol. The average Bonchev–Trinajstić information content (AvgIpc) is 2.42. The van der Waals surface area contributed by atoms with E-state index < -0.39 is 15.8 Å². The highest BCUT2D eigenvalue weighted by atomic mass is 32.2. The first-order valence-electron chi connectivity index (χ1n) is 8.09. The summed E-state index contributed by atoms with van der Waals surface area (Å²) in [6.45, 7) is 7.86. The van der Waals surface area contributed by atoms with Crippen LogP contribution in [0.3, 0.4) is 0 Å². The summed E-state index contributed by atoms with van der Waals surface area (Å²) >= 11 is 0. The summed E-state index contributed by atoms with van der Waals surface area (Å²) in [4.78, 5) is 0. The first kappa shape index (κ1) is 17.2. The lowest BCUT2D eigenvalue weighted by Crippen LogP contribution is -2.51. The Hall–Kier alpha value is -0.170. The van der Waals surface area contributed by atoms with E-state index >= 15 is 0 Å². The third-order valence-corrected chi connectivity index (χ3v) is 6.75. The van der Waals surface area contributed by atoms with Gasteiger partial charge in [-0.15, -0.1) is 0 Å². The van der Waals surface area contributed by atoms with Crippen LogP contribution in [0.15, 0.2) is 0 Å². The van der Waals surface area contributed by atoms with Crippen molar-refractivity contribution in [2.24, 2.45) is 11.3 Å². The maximum absolute atomic E-state index is 12.3. The quantitative estimate of drug-likeness (QED) is 0.831. The largest absolute Gasteiger partial charge is 0.389 e. The Morgan fingerprint density at radius 3 is 2.19 bits per heavy atom. The molecule has 0 atom stereocenters. The van der Waals surface area contributed by atoms with Crippen LogP contribution >= 0.6 is 0 Å². The van der Waals surface area contributed by atoms with Gasteiger partial charge in [-0.1, -0.05) is 20.8 Å². The lowest BCUT2D eigenvalue weighted by Gasteiger charge is -2.40.